The molecule has 1 aliphatic heterocycles. The van der Waals surface area contributed by atoms with Crippen molar-refractivity contribution in [2.24, 2.45) is 5.73 Å². The number of piperidine rings is 1. The van der Waals surface area contributed by atoms with Gasteiger partial charge in [0.1, 0.15) is 4.70 Å². The van der Waals surface area contributed by atoms with Crippen LogP contribution in [0.2, 0.25) is 0 Å². The third-order valence-electron chi connectivity index (χ3n) is 5.46. The quantitative estimate of drug-likeness (QED) is 0.606. The molecule has 0 spiro atoms. The second kappa shape index (κ2) is 8.88. The number of carboxylic acid groups (broad SMARTS) is 1. The molecule has 31 heavy (non-hydrogen) atoms. The number of nitriles is 1. The summed E-state index contributed by atoms with van der Waals surface area (Å²) in [6, 6.07) is 11.2. The smallest absolute Gasteiger partial charge is 0.303 e. The minimum atomic E-state index is -0.876. The highest BCUT2D eigenvalue weighted by Crippen LogP contribution is 2.27. The molecule has 0 bridgehead atoms. The summed E-state index contributed by atoms with van der Waals surface area (Å²) in [4.78, 5) is 32.1. The van der Waals surface area contributed by atoms with Crippen LogP contribution in [-0.4, -0.2) is 39.8 Å². The van der Waals surface area contributed by atoms with Crippen molar-refractivity contribution >= 4 is 33.5 Å². The highest BCUT2D eigenvalue weighted by Gasteiger charge is 2.24. The van der Waals surface area contributed by atoms with Crippen molar-refractivity contribution in [3.63, 3.8) is 0 Å². The van der Waals surface area contributed by atoms with E-state index in [1.807, 2.05) is 23.1 Å². The predicted molar refractivity (Wildman–Crippen MR) is 120 cm³/mol. The van der Waals surface area contributed by atoms with Gasteiger partial charge in [0.2, 0.25) is 5.95 Å². The van der Waals surface area contributed by atoms with Gasteiger partial charge in [-0.15, -0.1) is 11.3 Å². The van der Waals surface area contributed by atoms with Gasteiger partial charge in [0.05, 0.1) is 30.1 Å². The zero-order valence-corrected chi connectivity index (χ0v) is 17.8. The van der Waals surface area contributed by atoms with E-state index in [1.165, 1.54) is 11.3 Å². The van der Waals surface area contributed by atoms with Crippen LogP contribution in [0.25, 0.3) is 10.2 Å². The fraction of sp³-hybridized carbons (Fsp3) is 0.364. The summed E-state index contributed by atoms with van der Waals surface area (Å²) in [6.07, 6.45) is 2.21. The summed E-state index contributed by atoms with van der Waals surface area (Å²) in [5.74, 6) is -0.332. The third kappa shape index (κ3) is 4.45. The van der Waals surface area contributed by atoms with E-state index in [0.29, 0.717) is 34.7 Å². The molecular formula is C22H23N5O3S. The molecule has 9 heteroatoms. The Morgan fingerprint density at radius 2 is 2.19 bits per heavy atom. The van der Waals surface area contributed by atoms with Gasteiger partial charge in [-0.25, -0.2) is 4.98 Å². The molecule has 0 aliphatic carbocycles. The van der Waals surface area contributed by atoms with E-state index in [2.05, 4.69) is 6.07 Å². The molecule has 1 aliphatic rings. The van der Waals surface area contributed by atoms with Crippen molar-refractivity contribution in [2.75, 3.05) is 18.0 Å². The van der Waals surface area contributed by atoms with Crippen molar-refractivity contribution in [3.8, 4) is 6.07 Å². The summed E-state index contributed by atoms with van der Waals surface area (Å²) in [5.41, 5.74) is 7.84. The highest BCUT2D eigenvalue weighted by molar-refractivity contribution is 7.18. The second-order valence-corrected chi connectivity index (χ2v) is 8.88. The lowest BCUT2D eigenvalue weighted by molar-refractivity contribution is -0.136. The van der Waals surface area contributed by atoms with Gasteiger partial charge in [0.15, 0.2) is 0 Å². The molecule has 2 aromatic heterocycles. The number of hydrogen-bond acceptors (Lipinski definition) is 7. The molecule has 1 fully saturated rings. The first-order valence-electron chi connectivity index (χ1n) is 10.2. The number of aromatic nitrogens is 2. The molecule has 1 saturated heterocycles. The van der Waals surface area contributed by atoms with E-state index >= 15 is 0 Å². The van der Waals surface area contributed by atoms with Crippen molar-refractivity contribution in [1.82, 2.24) is 9.55 Å². The van der Waals surface area contributed by atoms with Crippen molar-refractivity contribution in [2.45, 2.75) is 38.3 Å². The van der Waals surface area contributed by atoms with Crippen molar-refractivity contribution < 1.29 is 9.90 Å². The van der Waals surface area contributed by atoms with Crippen molar-refractivity contribution in [1.29, 1.82) is 5.26 Å². The number of thiophene rings is 1. The number of aliphatic carboxylic acids is 1. The lowest BCUT2D eigenvalue weighted by Gasteiger charge is -2.33. The van der Waals surface area contributed by atoms with Gasteiger partial charge in [-0.05, 0) is 37.0 Å². The maximum absolute atomic E-state index is 13.5. The largest absolute Gasteiger partial charge is 0.481 e. The molecule has 3 heterocycles. The van der Waals surface area contributed by atoms with E-state index in [1.54, 1.807) is 16.7 Å². The summed E-state index contributed by atoms with van der Waals surface area (Å²) < 4.78 is 2.12. The summed E-state index contributed by atoms with van der Waals surface area (Å²) >= 11 is 1.29. The van der Waals surface area contributed by atoms with E-state index < -0.39 is 5.97 Å². The van der Waals surface area contributed by atoms with Gasteiger partial charge < -0.3 is 15.7 Å². The molecule has 8 nitrogen and oxygen atoms in total. The Morgan fingerprint density at radius 1 is 1.39 bits per heavy atom. The molecule has 160 valence electrons. The average Bonchev–Trinajstić information content (AvgIpc) is 3.18. The van der Waals surface area contributed by atoms with Gasteiger partial charge in [-0.3, -0.25) is 14.2 Å². The van der Waals surface area contributed by atoms with Gasteiger partial charge in [0, 0.05) is 24.0 Å². The maximum Gasteiger partial charge on any atom is 0.303 e. The molecule has 0 amide bonds. The van der Waals surface area contributed by atoms with Crippen LogP contribution in [0.3, 0.4) is 0 Å². The zero-order chi connectivity index (χ0) is 22.0. The summed E-state index contributed by atoms with van der Waals surface area (Å²) in [5, 5.41) is 18.5. The van der Waals surface area contributed by atoms with Crippen LogP contribution < -0.4 is 16.2 Å². The van der Waals surface area contributed by atoms with Crippen LogP contribution in [0.15, 0.2) is 35.1 Å². The zero-order valence-electron chi connectivity index (χ0n) is 17.0. The molecule has 3 N–H and O–H groups in total. The van der Waals surface area contributed by atoms with Crippen LogP contribution in [0.5, 0.6) is 0 Å². The lowest BCUT2D eigenvalue weighted by Crippen LogP contribution is -2.45. The van der Waals surface area contributed by atoms with Crippen LogP contribution in [0.4, 0.5) is 5.95 Å². The van der Waals surface area contributed by atoms with E-state index in [4.69, 9.17) is 15.8 Å². The number of carboxylic acids is 1. The minimum absolute atomic E-state index is 0.00436. The van der Waals surface area contributed by atoms with E-state index in [9.17, 15) is 14.9 Å². The number of rotatable bonds is 6. The second-order valence-electron chi connectivity index (χ2n) is 7.74. The number of aryl methyl sites for hydroxylation is 1. The SMILES string of the molecule is N#Cc1ccccc1Cn1c(N2CCCC(N)C2)nc2cc(CCC(=O)O)sc2c1=O. The van der Waals surface area contributed by atoms with E-state index in [-0.39, 0.29) is 24.6 Å². The standard InChI is InChI=1S/C22H23N5O3S/c23-11-14-4-1-2-5-15(14)12-27-21(30)20-18(10-17(31-20)7-8-19(28)29)25-22(27)26-9-3-6-16(24)13-26/h1-2,4-5,10,16H,3,6-9,12-13,24H2,(H,28,29). The maximum atomic E-state index is 13.5. The topological polar surface area (TPSA) is 125 Å². The number of nitrogens with two attached hydrogens (primary N) is 1. The minimum Gasteiger partial charge on any atom is -0.481 e. The number of anilines is 1. The fourth-order valence-electron chi connectivity index (χ4n) is 3.92. The monoisotopic (exact) mass is 437 g/mol. The van der Waals surface area contributed by atoms with Gasteiger partial charge in [0.25, 0.3) is 5.56 Å². The Balaban J connectivity index is 1.83. The summed E-state index contributed by atoms with van der Waals surface area (Å²) in [6.45, 7) is 1.59. The number of carbonyl (C=O) groups is 1. The van der Waals surface area contributed by atoms with Crippen LogP contribution in [0, 0.1) is 11.3 Å². The van der Waals surface area contributed by atoms with Crippen LogP contribution in [-0.2, 0) is 17.8 Å². The Bertz CT molecular complexity index is 1230. The van der Waals surface area contributed by atoms with Crippen LogP contribution >= 0.6 is 11.3 Å². The van der Waals surface area contributed by atoms with Crippen LogP contribution in [0.1, 0.15) is 35.3 Å². The predicted octanol–water partition coefficient (Wildman–Crippen LogP) is 2.32. The van der Waals surface area contributed by atoms with Crippen molar-refractivity contribution in [3.05, 3.63) is 56.7 Å². The summed E-state index contributed by atoms with van der Waals surface area (Å²) in [7, 11) is 0. The molecule has 1 atom stereocenters. The molecule has 4 rings (SSSR count). The molecule has 3 aromatic rings. The number of hydrogen-bond donors (Lipinski definition) is 2. The van der Waals surface area contributed by atoms with Gasteiger partial charge in [-0.2, -0.15) is 5.26 Å². The number of fused-ring (bicyclic) bond motifs is 1. The average molecular weight is 438 g/mol. The third-order valence-corrected chi connectivity index (χ3v) is 6.63. The lowest BCUT2D eigenvalue weighted by atomic mass is 10.1. The number of nitrogens with zero attached hydrogens (tertiary/aromatic N) is 4. The Kier molecular flexibility index (Phi) is 6.02. The first-order valence-corrected chi connectivity index (χ1v) is 11.0. The molecular weight excluding hydrogens is 414 g/mol. The first-order chi connectivity index (χ1) is 15.0. The van der Waals surface area contributed by atoms with Gasteiger partial charge in [-0.1, -0.05) is 18.2 Å². The fourth-order valence-corrected chi connectivity index (χ4v) is 4.96. The molecule has 1 aromatic carbocycles. The Morgan fingerprint density at radius 3 is 2.94 bits per heavy atom. The first kappa shape index (κ1) is 21.0. The Labute approximate surface area is 183 Å². The van der Waals surface area contributed by atoms with Gasteiger partial charge >= 0.3 is 5.97 Å². The normalized spacial score (nSPS) is 16.4. The molecule has 0 saturated carbocycles. The number of benzene rings is 1. The molecule has 0 radical (unpaired) electrons. The Hall–Kier alpha value is -3.22. The molecule has 1 unspecified atom stereocenters. The van der Waals surface area contributed by atoms with E-state index in [0.717, 1.165) is 29.8 Å². The highest BCUT2D eigenvalue weighted by atomic mass is 32.1.